The number of aryl methyl sites for hydroxylation is 1. The van der Waals surface area contributed by atoms with Crippen LogP contribution in [0.25, 0.3) is 0 Å². The van der Waals surface area contributed by atoms with Crippen molar-refractivity contribution in [3.8, 4) is 0 Å². The van der Waals surface area contributed by atoms with Crippen LogP contribution in [0, 0.1) is 22.9 Å². The topological polar surface area (TPSA) is 89.3 Å². The molecule has 0 aromatic heterocycles. The lowest BCUT2D eigenvalue weighted by Crippen LogP contribution is -2.45. The lowest BCUT2D eigenvalue weighted by Gasteiger charge is -2.26. The van der Waals surface area contributed by atoms with Gasteiger partial charge in [-0.15, -0.1) is 0 Å². The molecule has 0 saturated carbocycles. The molecule has 2 atom stereocenters. The molecule has 25 heavy (non-hydrogen) atoms. The van der Waals surface area contributed by atoms with Gasteiger partial charge in [-0.2, -0.15) is 4.72 Å². The molecule has 6 nitrogen and oxygen atoms in total. The number of alkyl halides is 1. The van der Waals surface area contributed by atoms with E-state index in [1.165, 1.54) is 24.3 Å². The summed E-state index contributed by atoms with van der Waals surface area (Å²) in [4.78, 5) is 8.32. The van der Waals surface area contributed by atoms with Gasteiger partial charge in [0.2, 0.25) is 10.0 Å². The SMILES string of the molecule is Cc1ccc(S(=O)(=O)N[C@@H](c2ccc(F)cc2)[C@](C)(Cl)[N+](=O)[O-])cc1. The molecule has 9 heteroatoms. The van der Waals surface area contributed by atoms with Gasteiger partial charge in [-0.05, 0) is 48.4 Å². The number of sulfonamides is 1. The number of nitro groups is 1. The molecule has 2 aromatic carbocycles. The molecule has 0 aliphatic rings. The first kappa shape index (κ1) is 19.3. The van der Waals surface area contributed by atoms with Crippen LogP contribution in [0.5, 0.6) is 0 Å². The predicted molar refractivity (Wildman–Crippen MR) is 91.9 cm³/mol. The van der Waals surface area contributed by atoms with Crippen LogP contribution in [0.15, 0.2) is 53.4 Å². The quantitative estimate of drug-likeness (QED) is 0.356. The molecular formula is C16H16ClFN2O4S. The van der Waals surface area contributed by atoms with E-state index in [0.29, 0.717) is 0 Å². The molecule has 0 saturated heterocycles. The largest absolute Gasteiger partial charge is 0.312 e. The van der Waals surface area contributed by atoms with Crippen LogP contribution in [-0.4, -0.2) is 18.3 Å². The van der Waals surface area contributed by atoms with Gasteiger partial charge >= 0.3 is 5.00 Å². The first-order valence-corrected chi connectivity index (χ1v) is 9.08. The maximum Gasteiger partial charge on any atom is 0.312 e. The van der Waals surface area contributed by atoms with Gasteiger partial charge in [-0.3, -0.25) is 10.1 Å². The van der Waals surface area contributed by atoms with Crippen LogP contribution in [0.2, 0.25) is 0 Å². The van der Waals surface area contributed by atoms with Crippen molar-refractivity contribution in [3.63, 3.8) is 0 Å². The molecule has 0 fully saturated rings. The Morgan fingerprint density at radius 2 is 1.68 bits per heavy atom. The van der Waals surface area contributed by atoms with Crippen molar-refractivity contribution in [2.45, 2.75) is 29.8 Å². The average molecular weight is 387 g/mol. The third kappa shape index (κ3) is 4.33. The molecule has 0 radical (unpaired) electrons. The number of nitrogens with zero attached hydrogens (tertiary/aromatic N) is 1. The van der Waals surface area contributed by atoms with E-state index in [4.69, 9.17) is 11.6 Å². The van der Waals surface area contributed by atoms with Crippen molar-refractivity contribution < 1.29 is 17.7 Å². The second-order valence-electron chi connectivity index (χ2n) is 5.70. The molecule has 0 amide bonds. The minimum Gasteiger partial charge on any atom is -0.263 e. The average Bonchev–Trinajstić information content (AvgIpc) is 2.54. The molecule has 0 aliphatic heterocycles. The standard InChI is InChI=1S/C16H16ClFN2O4S/c1-11-3-9-14(10-4-11)25(23,24)19-15(16(2,17)20(21)22)12-5-7-13(18)8-6-12/h3-10,15,19H,1-2H3/t15-,16+/m0/s1. The zero-order valence-corrected chi connectivity index (χ0v) is 15.0. The summed E-state index contributed by atoms with van der Waals surface area (Å²) in [6, 6.07) is 9.24. The van der Waals surface area contributed by atoms with Gasteiger partial charge in [0.15, 0.2) is 0 Å². The minimum absolute atomic E-state index is 0.0546. The highest BCUT2D eigenvalue weighted by Crippen LogP contribution is 2.34. The third-order valence-electron chi connectivity index (χ3n) is 3.69. The molecule has 0 unspecified atom stereocenters. The Hall–Kier alpha value is -2.03. The maximum absolute atomic E-state index is 13.1. The van der Waals surface area contributed by atoms with E-state index in [0.717, 1.165) is 24.6 Å². The number of halogens is 2. The Balaban J connectivity index is 2.47. The monoisotopic (exact) mass is 386 g/mol. The van der Waals surface area contributed by atoms with Crippen LogP contribution in [0.1, 0.15) is 24.1 Å². The van der Waals surface area contributed by atoms with Crippen LogP contribution in [0.4, 0.5) is 4.39 Å². The number of hydrogen-bond acceptors (Lipinski definition) is 4. The fraction of sp³-hybridized carbons (Fsp3) is 0.250. The summed E-state index contributed by atoms with van der Waals surface area (Å²) >= 11 is 6.01. The fourth-order valence-electron chi connectivity index (χ4n) is 2.18. The summed E-state index contributed by atoms with van der Waals surface area (Å²) in [5.41, 5.74) is 1.03. The summed E-state index contributed by atoms with van der Waals surface area (Å²) in [7, 11) is -4.08. The number of rotatable bonds is 6. The van der Waals surface area contributed by atoms with E-state index in [-0.39, 0.29) is 10.5 Å². The van der Waals surface area contributed by atoms with Crippen molar-refractivity contribution >= 4 is 21.6 Å². The highest BCUT2D eigenvalue weighted by Gasteiger charge is 2.47. The van der Waals surface area contributed by atoms with E-state index < -0.39 is 31.8 Å². The summed E-state index contributed by atoms with van der Waals surface area (Å²) in [5, 5.41) is 11.3. The van der Waals surface area contributed by atoms with Crippen LogP contribution in [-0.2, 0) is 10.0 Å². The van der Waals surface area contributed by atoms with Crippen molar-refractivity contribution in [2.24, 2.45) is 0 Å². The van der Waals surface area contributed by atoms with Gasteiger partial charge in [0.05, 0.1) is 4.90 Å². The molecule has 0 bridgehead atoms. The van der Waals surface area contributed by atoms with Crippen LogP contribution in [0.3, 0.4) is 0 Å². The fourth-order valence-corrected chi connectivity index (χ4v) is 3.73. The van der Waals surface area contributed by atoms with Gasteiger partial charge in [0.25, 0.3) is 0 Å². The highest BCUT2D eigenvalue weighted by atomic mass is 35.5. The smallest absolute Gasteiger partial charge is 0.263 e. The van der Waals surface area contributed by atoms with E-state index in [1.807, 2.05) is 0 Å². The number of nitrogens with one attached hydrogen (secondary N) is 1. The summed E-state index contributed by atoms with van der Waals surface area (Å²) < 4.78 is 40.6. The van der Waals surface area contributed by atoms with Crippen molar-refractivity contribution in [1.29, 1.82) is 0 Å². The van der Waals surface area contributed by atoms with E-state index in [2.05, 4.69) is 4.72 Å². The van der Waals surface area contributed by atoms with Crippen LogP contribution < -0.4 is 4.72 Å². The van der Waals surface area contributed by atoms with E-state index >= 15 is 0 Å². The Labute approximate surface area is 149 Å². The van der Waals surface area contributed by atoms with E-state index in [1.54, 1.807) is 19.1 Å². The van der Waals surface area contributed by atoms with Gasteiger partial charge in [-0.1, -0.05) is 29.8 Å². The number of hydrogen-bond donors (Lipinski definition) is 1. The second kappa shape index (κ2) is 7.07. The molecule has 0 spiro atoms. The summed E-state index contributed by atoms with van der Waals surface area (Å²) in [6.07, 6.45) is 0. The van der Waals surface area contributed by atoms with Crippen molar-refractivity contribution in [3.05, 3.63) is 75.6 Å². The summed E-state index contributed by atoms with van der Waals surface area (Å²) in [5.74, 6) is -0.554. The Bertz CT molecular complexity index is 868. The zero-order valence-electron chi connectivity index (χ0n) is 13.4. The maximum atomic E-state index is 13.1. The molecule has 0 aliphatic carbocycles. The first-order valence-electron chi connectivity index (χ1n) is 7.22. The third-order valence-corrected chi connectivity index (χ3v) is 5.49. The van der Waals surface area contributed by atoms with Crippen LogP contribution >= 0.6 is 11.6 Å². The van der Waals surface area contributed by atoms with Crippen molar-refractivity contribution in [1.82, 2.24) is 4.72 Å². The molecule has 1 N–H and O–H groups in total. The van der Waals surface area contributed by atoms with Crippen molar-refractivity contribution in [2.75, 3.05) is 0 Å². The summed E-state index contributed by atoms with van der Waals surface area (Å²) in [6.45, 7) is 2.88. The number of benzene rings is 2. The second-order valence-corrected chi connectivity index (χ2v) is 8.18. The minimum atomic E-state index is -4.08. The molecule has 2 rings (SSSR count). The molecule has 0 heterocycles. The predicted octanol–water partition coefficient (Wildman–Crippen LogP) is 3.39. The highest BCUT2D eigenvalue weighted by molar-refractivity contribution is 7.89. The van der Waals surface area contributed by atoms with Gasteiger partial charge in [-0.25, -0.2) is 12.8 Å². The van der Waals surface area contributed by atoms with Gasteiger partial charge in [0, 0.05) is 11.8 Å². The normalized spacial score (nSPS) is 15.4. The molecular weight excluding hydrogens is 371 g/mol. The van der Waals surface area contributed by atoms with Gasteiger partial charge < -0.3 is 0 Å². The molecule has 134 valence electrons. The van der Waals surface area contributed by atoms with Gasteiger partial charge in [0.1, 0.15) is 11.9 Å². The lowest BCUT2D eigenvalue weighted by molar-refractivity contribution is -0.542. The Morgan fingerprint density at radius 1 is 1.16 bits per heavy atom. The first-order chi connectivity index (χ1) is 11.5. The lowest BCUT2D eigenvalue weighted by atomic mass is 10.0. The Kier molecular flexibility index (Phi) is 5.46. The zero-order chi connectivity index (χ0) is 18.8. The van der Waals surface area contributed by atoms with E-state index in [9.17, 15) is 22.9 Å². The molecule has 2 aromatic rings. The Morgan fingerprint density at radius 3 is 2.16 bits per heavy atom.